The number of halogens is 1. The lowest BCUT2D eigenvalue weighted by molar-refractivity contribution is -0.158. The molecule has 0 N–H and O–H groups in total. The van der Waals surface area contributed by atoms with Gasteiger partial charge >= 0.3 is 5.97 Å². The second-order valence-corrected chi connectivity index (χ2v) is 5.98. The van der Waals surface area contributed by atoms with Crippen LogP contribution in [0.15, 0.2) is 11.0 Å². The van der Waals surface area contributed by atoms with Crippen LogP contribution in [0.4, 0.5) is 0 Å². The summed E-state index contributed by atoms with van der Waals surface area (Å²) in [5.74, 6) is -0.539. The molecule has 0 bridgehead atoms. The fourth-order valence-corrected chi connectivity index (χ4v) is 1.93. The maximum atomic E-state index is 12.3. The lowest BCUT2D eigenvalue weighted by Gasteiger charge is -2.21. The zero-order valence-corrected chi connectivity index (χ0v) is 14.1. The lowest BCUT2D eigenvalue weighted by atomic mass is 9.88. The molecule has 0 aliphatic carbocycles. The summed E-state index contributed by atoms with van der Waals surface area (Å²) in [6.45, 7) is 6.32. The molecule has 1 heterocycles. The van der Waals surface area contributed by atoms with Gasteiger partial charge < -0.3 is 4.74 Å². The van der Waals surface area contributed by atoms with Crippen molar-refractivity contribution >= 4 is 34.3 Å². The molecule has 6 nitrogen and oxygen atoms in total. The summed E-state index contributed by atoms with van der Waals surface area (Å²) in [6.07, 6.45) is 1.45. The minimum atomic E-state index is -1.29. The first kappa shape index (κ1) is 16.8. The predicted octanol–water partition coefficient (Wildman–Crippen LogP) is 1.31. The summed E-state index contributed by atoms with van der Waals surface area (Å²) >= 11 is 1.86. The molecule has 20 heavy (non-hydrogen) atoms. The van der Waals surface area contributed by atoms with E-state index in [1.807, 2.05) is 22.6 Å². The smallest absolute Gasteiger partial charge is 0.319 e. The topological polar surface area (TPSA) is 78.3 Å². The third-order valence-electron chi connectivity index (χ3n) is 2.99. The highest BCUT2D eigenvalue weighted by molar-refractivity contribution is 14.1. The number of carbonyl (C=O) groups excluding carboxylic acids is 2. The summed E-state index contributed by atoms with van der Waals surface area (Å²) in [6, 6.07) is 0. The molecule has 1 rings (SSSR count). The van der Waals surface area contributed by atoms with Crippen LogP contribution in [0.5, 0.6) is 0 Å². The van der Waals surface area contributed by atoms with E-state index in [0.717, 1.165) is 0 Å². The van der Waals surface area contributed by atoms with Gasteiger partial charge in [-0.15, -0.1) is 0 Å². The molecule has 0 spiro atoms. The molecule has 7 heteroatoms. The van der Waals surface area contributed by atoms with Gasteiger partial charge in [0.1, 0.15) is 11.2 Å². The number of ether oxygens (including phenoxy) is 1. The van der Waals surface area contributed by atoms with Crippen molar-refractivity contribution in [1.82, 2.24) is 9.55 Å². The molecule has 1 aromatic rings. The number of aryl methyl sites for hydroxylation is 1. The van der Waals surface area contributed by atoms with Crippen molar-refractivity contribution in [2.45, 2.75) is 34.2 Å². The van der Waals surface area contributed by atoms with Crippen molar-refractivity contribution in [2.24, 2.45) is 5.41 Å². The molecular formula is C13H17IN2O4. The van der Waals surface area contributed by atoms with E-state index in [4.69, 9.17) is 4.74 Å². The van der Waals surface area contributed by atoms with E-state index in [-0.39, 0.29) is 24.5 Å². The van der Waals surface area contributed by atoms with E-state index in [2.05, 4.69) is 4.98 Å². The number of ketones is 1. The average molecular weight is 392 g/mol. The Labute approximate surface area is 130 Å². The second kappa shape index (κ2) is 6.47. The number of carbonyl (C=O) groups is 2. The minimum Gasteiger partial charge on any atom is -0.465 e. The highest BCUT2D eigenvalue weighted by atomic mass is 127. The highest BCUT2D eigenvalue weighted by Gasteiger charge is 2.37. The Hall–Kier alpha value is -1.25. The first-order valence-electron chi connectivity index (χ1n) is 6.14. The van der Waals surface area contributed by atoms with Crippen LogP contribution in [-0.2, 0) is 20.9 Å². The molecule has 0 fully saturated rings. The normalized spacial score (nSPS) is 11.2. The fraction of sp³-hybridized carbons (Fsp3) is 0.538. The molecule has 110 valence electrons. The minimum absolute atomic E-state index is 0.194. The number of esters is 1. The van der Waals surface area contributed by atoms with Gasteiger partial charge in [-0.25, -0.2) is 4.98 Å². The molecule has 0 aliphatic rings. The number of aromatic nitrogens is 2. The van der Waals surface area contributed by atoms with Crippen molar-refractivity contribution in [3.63, 3.8) is 0 Å². The third-order valence-corrected chi connectivity index (χ3v) is 3.73. The Balaban J connectivity index is 3.05. The summed E-state index contributed by atoms with van der Waals surface area (Å²) in [7, 11) is 0. The molecule has 0 aromatic carbocycles. The molecule has 0 saturated heterocycles. The summed E-state index contributed by atoms with van der Waals surface area (Å²) in [5, 5.41) is 0. The zero-order valence-electron chi connectivity index (χ0n) is 11.9. The predicted molar refractivity (Wildman–Crippen MR) is 81.4 cm³/mol. The second-order valence-electron chi connectivity index (χ2n) is 4.81. The third kappa shape index (κ3) is 3.44. The van der Waals surface area contributed by atoms with Crippen molar-refractivity contribution in [3.8, 4) is 0 Å². The van der Waals surface area contributed by atoms with Crippen molar-refractivity contribution in [1.29, 1.82) is 0 Å². The number of Topliss-reactive ketones (excluding diaryl/α,β-unsaturated/α-hetero) is 1. The number of hydrogen-bond donors (Lipinski definition) is 0. The lowest BCUT2D eigenvalue weighted by Crippen LogP contribution is -2.40. The van der Waals surface area contributed by atoms with Crippen LogP contribution < -0.4 is 5.56 Å². The molecule has 0 unspecified atom stereocenters. The molecule has 1 aromatic heterocycles. The quantitative estimate of drug-likeness (QED) is 0.429. The number of rotatable bonds is 5. The van der Waals surface area contributed by atoms with E-state index in [9.17, 15) is 14.4 Å². The van der Waals surface area contributed by atoms with E-state index in [1.165, 1.54) is 24.6 Å². The van der Waals surface area contributed by atoms with Crippen molar-refractivity contribution in [3.05, 3.63) is 25.9 Å². The summed E-state index contributed by atoms with van der Waals surface area (Å²) in [5.41, 5.74) is -1.57. The average Bonchev–Trinajstić information content (AvgIpc) is 2.39. The van der Waals surface area contributed by atoms with Crippen molar-refractivity contribution < 1.29 is 14.3 Å². The van der Waals surface area contributed by atoms with Gasteiger partial charge in [0.05, 0.1) is 16.7 Å². The molecule has 0 amide bonds. The largest absolute Gasteiger partial charge is 0.465 e. The molecule has 0 saturated carbocycles. The fourth-order valence-electron chi connectivity index (χ4n) is 1.50. The van der Waals surface area contributed by atoms with Crippen LogP contribution in [0.25, 0.3) is 0 Å². The summed E-state index contributed by atoms with van der Waals surface area (Å²) < 4.78 is 6.58. The monoisotopic (exact) mass is 392 g/mol. The molecule has 0 atom stereocenters. The summed E-state index contributed by atoms with van der Waals surface area (Å²) in [4.78, 5) is 40.1. The van der Waals surface area contributed by atoms with Crippen LogP contribution in [0.2, 0.25) is 0 Å². The molecule has 0 aliphatic heterocycles. The molecule has 0 radical (unpaired) electrons. The van der Waals surface area contributed by atoms with Gasteiger partial charge in [-0.2, -0.15) is 0 Å². The van der Waals surface area contributed by atoms with E-state index in [0.29, 0.717) is 9.39 Å². The van der Waals surface area contributed by atoms with E-state index >= 15 is 0 Å². The first-order chi connectivity index (χ1) is 9.21. The van der Waals surface area contributed by atoms with Gasteiger partial charge in [0.2, 0.25) is 0 Å². The number of nitrogens with zero attached hydrogens (tertiary/aromatic N) is 2. The van der Waals surface area contributed by atoms with Gasteiger partial charge in [-0.3, -0.25) is 19.0 Å². The van der Waals surface area contributed by atoms with Gasteiger partial charge in [0.15, 0.2) is 5.78 Å². The maximum Gasteiger partial charge on any atom is 0.319 e. The first-order valence-corrected chi connectivity index (χ1v) is 7.22. The number of hydrogen-bond acceptors (Lipinski definition) is 5. The molecular weight excluding hydrogens is 375 g/mol. The van der Waals surface area contributed by atoms with Crippen molar-refractivity contribution in [2.75, 3.05) is 6.61 Å². The highest BCUT2D eigenvalue weighted by Crippen LogP contribution is 2.20. The van der Waals surface area contributed by atoms with Crippen LogP contribution in [-0.4, -0.2) is 27.9 Å². The Morgan fingerprint density at radius 2 is 2.05 bits per heavy atom. The Morgan fingerprint density at radius 3 is 2.60 bits per heavy atom. The van der Waals surface area contributed by atoms with Crippen LogP contribution in [0.3, 0.4) is 0 Å². The van der Waals surface area contributed by atoms with Crippen LogP contribution >= 0.6 is 22.6 Å². The Kier molecular flexibility index (Phi) is 5.43. The maximum absolute atomic E-state index is 12.3. The van der Waals surface area contributed by atoms with Gasteiger partial charge in [0.25, 0.3) is 5.56 Å². The van der Waals surface area contributed by atoms with Crippen LogP contribution in [0.1, 0.15) is 26.6 Å². The standard InChI is InChI=1S/C13H17IN2O4/c1-5-20-12(19)13(3,4)10(17)7-16-8(2)15-6-9(14)11(16)18/h6H,5,7H2,1-4H3. The van der Waals surface area contributed by atoms with Gasteiger partial charge in [0, 0.05) is 6.20 Å². The van der Waals surface area contributed by atoms with E-state index in [1.54, 1.807) is 13.8 Å². The Morgan fingerprint density at radius 1 is 1.45 bits per heavy atom. The SMILES string of the molecule is CCOC(=O)C(C)(C)C(=O)Cn1c(C)ncc(I)c1=O. The van der Waals surface area contributed by atoms with Crippen LogP contribution in [0, 0.1) is 15.9 Å². The van der Waals surface area contributed by atoms with Gasteiger partial charge in [-0.1, -0.05) is 0 Å². The van der Waals surface area contributed by atoms with E-state index < -0.39 is 11.4 Å². The zero-order chi connectivity index (χ0) is 15.5. The van der Waals surface area contributed by atoms with Gasteiger partial charge in [-0.05, 0) is 50.3 Å². The Bertz CT molecular complexity index is 593.